The van der Waals surface area contributed by atoms with Gasteiger partial charge in [-0.15, -0.1) is 0 Å². The second-order valence-corrected chi connectivity index (χ2v) is 7.06. The Morgan fingerprint density at radius 3 is 2.68 bits per heavy atom. The fourth-order valence-electron chi connectivity index (χ4n) is 2.24. The van der Waals surface area contributed by atoms with E-state index in [1.165, 1.54) is 0 Å². The van der Waals surface area contributed by atoms with E-state index in [0.29, 0.717) is 29.0 Å². The fourth-order valence-corrected chi connectivity index (χ4v) is 2.96. The highest BCUT2D eigenvalue weighted by molar-refractivity contribution is 9.10. The summed E-state index contributed by atoms with van der Waals surface area (Å²) in [5, 5.41) is 12.2. The quantitative estimate of drug-likeness (QED) is 0.621. The zero-order chi connectivity index (χ0) is 17.8. The Morgan fingerprint density at radius 1 is 1.16 bits per heavy atom. The summed E-state index contributed by atoms with van der Waals surface area (Å²) in [4.78, 5) is 12.1. The number of aromatic nitrogens is 4. The molecule has 0 aliphatic heterocycles. The molecule has 0 aliphatic rings. The molecule has 0 bridgehead atoms. The lowest BCUT2D eigenvalue weighted by Gasteiger charge is -2.05. The minimum atomic E-state index is -0.184. The molecule has 130 valence electrons. The van der Waals surface area contributed by atoms with Crippen LogP contribution in [0.4, 0.5) is 5.82 Å². The number of rotatable bonds is 6. The van der Waals surface area contributed by atoms with Crippen molar-refractivity contribution in [2.75, 3.05) is 5.32 Å². The molecule has 0 aliphatic carbocycles. The number of carbonyl (C=O) groups is 1. The minimum absolute atomic E-state index is 0.184. The van der Waals surface area contributed by atoms with Gasteiger partial charge >= 0.3 is 0 Å². The van der Waals surface area contributed by atoms with E-state index in [9.17, 15) is 4.79 Å². The molecular weight excluding hydrogens is 429 g/mol. The molecule has 25 heavy (non-hydrogen) atoms. The SMILES string of the molecule is O=C(CCn1cc(Br)cn1)Nc1nn(Cc2ccccc2Cl)cc1Cl. The minimum Gasteiger partial charge on any atom is -0.308 e. The summed E-state index contributed by atoms with van der Waals surface area (Å²) in [5.41, 5.74) is 0.922. The Balaban J connectivity index is 1.60. The molecule has 2 heterocycles. The highest BCUT2D eigenvalue weighted by Crippen LogP contribution is 2.22. The highest BCUT2D eigenvalue weighted by atomic mass is 79.9. The molecule has 1 aromatic carbocycles. The number of carbonyl (C=O) groups excluding carboxylic acids is 1. The standard InChI is InChI=1S/C16H14BrCl2N5O/c17-12-7-20-23(9-12)6-5-15(25)21-16-14(19)10-24(22-16)8-11-3-1-2-4-13(11)18/h1-4,7,9-10H,5-6,8H2,(H,21,22,25). The smallest absolute Gasteiger partial charge is 0.227 e. The predicted molar refractivity (Wildman–Crippen MR) is 101 cm³/mol. The van der Waals surface area contributed by atoms with E-state index >= 15 is 0 Å². The Kier molecular flexibility index (Phi) is 5.78. The zero-order valence-corrected chi connectivity index (χ0v) is 16.1. The first kappa shape index (κ1) is 18.0. The van der Waals surface area contributed by atoms with E-state index in [-0.39, 0.29) is 12.3 Å². The average Bonchev–Trinajstić information content (AvgIpc) is 3.14. The number of amides is 1. The van der Waals surface area contributed by atoms with Gasteiger partial charge in [-0.2, -0.15) is 10.2 Å². The van der Waals surface area contributed by atoms with Crippen molar-refractivity contribution in [3.63, 3.8) is 0 Å². The lowest BCUT2D eigenvalue weighted by Crippen LogP contribution is -2.15. The van der Waals surface area contributed by atoms with Gasteiger partial charge in [-0.1, -0.05) is 41.4 Å². The number of hydrogen-bond acceptors (Lipinski definition) is 3. The molecule has 9 heteroatoms. The summed E-state index contributed by atoms with van der Waals surface area (Å²) in [6.45, 7) is 0.936. The van der Waals surface area contributed by atoms with E-state index in [0.717, 1.165) is 10.0 Å². The van der Waals surface area contributed by atoms with E-state index in [2.05, 4.69) is 31.4 Å². The van der Waals surface area contributed by atoms with E-state index in [4.69, 9.17) is 23.2 Å². The Morgan fingerprint density at radius 2 is 1.96 bits per heavy atom. The molecule has 0 fully saturated rings. The third-order valence-corrected chi connectivity index (χ3v) is 4.49. The molecule has 2 aromatic heterocycles. The van der Waals surface area contributed by atoms with Crippen molar-refractivity contribution in [1.29, 1.82) is 0 Å². The van der Waals surface area contributed by atoms with Crippen molar-refractivity contribution in [2.24, 2.45) is 0 Å². The molecule has 0 saturated heterocycles. The maximum atomic E-state index is 12.1. The first-order valence-electron chi connectivity index (χ1n) is 7.45. The summed E-state index contributed by atoms with van der Waals surface area (Å²) in [7, 11) is 0. The van der Waals surface area contributed by atoms with E-state index < -0.39 is 0 Å². The molecule has 0 spiro atoms. The topological polar surface area (TPSA) is 64.7 Å². The summed E-state index contributed by atoms with van der Waals surface area (Å²) in [6.07, 6.45) is 5.40. The van der Waals surface area contributed by atoms with Crippen LogP contribution in [0.2, 0.25) is 10.0 Å². The van der Waals surface area contributed by atoms with Crippen LogP contribution in [0.3, 0.4) is 0 Å². The first-order chi connectivity index (χ1) is 12.0. The van der Waals surface area contributed by atoms with Gasteiger partial charge in [0.25, 0.3) is 0 Å². The molecule has 0 radical (unpaired) electrons. The monoisotopic (exact) mass is 441 g/mol. The summed E-state index contributed by atoms with van der Waals surface area (Å²) < 4.78 is 4.19. The molecule has 0 saturated carbocycles. The van der Waals surface area contributed by atoms with Crippen molar-refractivity contribution in [1.82, 2.24) is 19.6 Å². The van der Waals surface area contributed by atoms with Gasteiger partial charge in [0.05, 0.1) is 17.2 Å². The third-order valence-electron chi connectivity index (χ3n) is 3.43. The molecule has 1 amide bonds. The molecule has 6 nitrogen and oxygen atoms in total. The summed E-state index contributed by atoms with van der Waals surface area (Å²) >= 11 is 15.6. The fraction of sp³-hybridized carbons (Fsp3) is 0.188. The van der Waals surface area contributed by atoms with Gasteiger partial charge in [0.15, 0.2) is 5.82 Å². The maximum absolute atomic E-state index is 12.1. The summed E-state index contributed by atoms with van der Waals surface area (Å²) in [6, 6.07) is 7.51. The Labute approximate surface area is 162 Å². The van der Waals surface area contributed by atoms with Gasteiger partial charge in [-0.3, -0.25) is 14.2 Å². The van der Waals surface area contributed by atoms with E-state index in [1.54, 1.807) is 28.0 Å². The Bertz CT molecular complexity index is 892. The van der Waals surface area contributed by atoms with Crippen LogP contribution in [-0.2, 0) is 17.9 Å². The number of halogens is 3. The van der Waals surface area contributed by atoms with Crippen LogP contribution in [0.1, 0.15) is 12.0 Å². The number of anilines is 1. The van der Waals surface area contributed by atoms with Crippen molar-refractivity contribution >= 4 is 50.9 Å². The van der Waals surface area contributed by atoms with Crippen LogP contribution in [0, 0.1) is 0 Å². The van der Waals surface area contributed by atoms with Crippen LogP contribution in [-0.4, -0.2) is 25.5 Å². The van der Waals surface area contributed by atoms with Crippen LogP contribution in [0.15, 0.2) is 47.3 Å². The second-order valence-electron chi connectivity index (χ2n) is 5.33. The molecule has 3 aromatic rings. The largest absolute Gasteiger partial charge is 0.308 e. The second kappa shape index (κ2) is 8.03. The first-order valence-corrected chi connectivity index (χ1v) is 9.00. The summed E-state index contributed by atoms with van der Waals surface area (Å²) in [5.74, 6) is 0.150. The van der Waals surface area contributed by atoms with Gasteiger partial charge < -0.3 is 5.32 Å². The molecule has 3 rings (SSSR count). The number of benzene rings is 1. The van der Waals surface area contributed by atoms with Crippen LogP contribution in [0.25, 0.3) is 0 Å². The van der Waals surface area contributed by atoms with Crippen LogP contribution >= 0.6 is 39.1 Å². The predicted octanol–water partition coefficient (Wildman–Crippen LogP) is 4.23. The van der Waals surface area contributed by atoms with Gasteiger partial charge in [-0.05, 0) is 27.6 Å². The molecule has 0 atom stereocenters. The van der Waals surface area contributed by atoms with E-state index in [1.807, 2.05) is 24.3 Å². The number of hydrogen-bond donors (Lipinski definition) is 1. The Hall–Kier alpha value is -1.83. The van der Waals surface area contributed by atoms with Crippen molar-refractivity contribution in [3.05, 3.63) is 62.9 Å². The number of aryl methyl sites for hydroxylation is 1. The molecule has 0 unspecified atom stereocenters. The maximum Gasteiger partial charge on any atom is 0.227 e. The lowest BCUT2D eigenvalue weighted by atomic mass is 10.2. The van der Waals surface area contributed by atoms with Gasteiger partial charge in [0.1, 0.15) is 5.02 Å². The number of nitrogens with zero attached hydrogens (tertiary/aromatic N) is 4. The normalized spacial score (nSPS) is 10.8. The van der Waals surface area contributed by atoms with Crippen molar-refractivity contribution < 1.29 is 4.79 Å². The average molecular weight is 443 g/mol. The van der Waals surface area contributed by atoms with Crippen LogP contribution < -0.4 is 5.32 Å². The highest BCUT2D eigenvalue weighted by Gasteiger charge is 2.12. The van der Waals surface area contributed by atoms with Crippen LogP contribution in [0.5, 0.6) is 0 Å². The van der Waals surface area contributed by atoms with Gasteiger partial charge in [0.2, 0.25) is 5.91 Å². The number of nitrogens with one attached hydrogen (secondary N) is 1. The van der Waals surface area contributed by atoms with Crippen molar-refractivity contribution in [2.45, 2.75) is 19.5 Å². The zero-order valence-electron chi connectivity index (χ0n) is 13.0. The van der Waals surface area contributed by atoms with Gasteiger partial charge in [-0.25, -0.2) is 0 Å². The molecular formula is C16H14BrCl2N5O. The lowest BCUT2D eigenvalue weighted by molar-refractivity contribution is -0.116. The van der Waals surface area contributed by atoms with Gasteiger partial charge in [0, 0.05) is 30.4 Å². The third kappa shape index (κ3) is 4.84. The molecule has 1 N–H and O–H groups in total. The van der Waals surface area contributed by atoms with Crippen molar-refractivity contribution in [3.8, 4) is 0 Å².